The van der Waals surface area contributed by atoms with E-state index in [4.69, 9.17) is 17.2 Å². The zero-order valence-corrected chi connectivity index (χ0v) is 23.6. The minimum absolute atomic E-state index is 0.0983. The minimum Gasteiger partial charge on any atom is -0.480 e. The van der Waals surface area contributed by atoms with Crippen LogP contribution in [0.2, 0.25) is 0 Å². The van der Waals surface area contributed by atoms with Gasteiger partial charge in [-0.3, -0.25) is 19.4 Å². The molecule has 5 unspecified atom stereocenters. The molecule has 13 heteroatoms. The Morgan fingerprint density at radius 3 is 2.61 bits per heavy atom. The summed E-state index contributed by atoms with van der Waals surface area (Å²) < 4.78 is 0. The third-order valence-corrected chi connectivity index (χ3v) is 7.62. The number of H-pyrrole nitrogens is 1. The average Bonchev–Trinajstić information content (AvgIpc) is 3.60. The number of aromatic nitrogens is 1. The monoisotopic (exact) mass is 570 g/mol. The zero-order valence-electron chi connectivity index (χ0n) is 23.6. The van der Waals surface area contributed by atoms with Gasteiger partial charge in [0.1, 0.15) is 18.1 Å². The average molecular weight is 571 g/mol. The number of likely N-dealkylation sites (tertiary alicyclic amines) is 1. The summed E-state index contributed by atoms with van der Waals surface area (Å²) in [5.41, 5.74) is 18.8. The van der Waals surface area contributed by atoms with Gasteiger partial charge in [0.15, 0.2) is 5.96 Å². The third-order valence-electron chi connectivity index (χ3n) is 7.62. The highest BCUT2D eigenvalue weighted by Gasteiger charge is 2.39. The molecule has 41 heavy (non-hydrogen) atoms. The lowest BCUT2D eigenvalue weighted by atomic mass is 9.97. The minimum atomic E-state index is -1.20. The first-order chi connectivity index (χ1) is 19.5. The normalized spacial score (nSPS) is 17.8. The smallest absolute Gasteiger partial charge is 0.326 e. The fraction of sp³-hybridized carbons (Fsp3) is 0.536. The Balaban J connectivity index is 1.65. The van der Waals surface area contributed by atoms with Gasteiger partial charge in [-0.2, -0.15) is 0 Å². The third kappa shape index (κ3) is 8.19. The number of nitrogens with two attached hydrogens (primary N) is 3. The highest BCUT2D eigenvalue weighted by molar-refractivity contribution is 5.95. The second-order valence-electron chi connectivity index (χ2n) is 10.6. The van der Waals surface area contributed by atoms with Gasteiger partial charge in [-0.15, -0.1) is 0 Å². The molecule has 0 aliphatic carbocycles. The molecule has 3 rings (SSSR count). The summed E-state index contributed by atoms with van der Waals surface area (Å²) in [6.07, 6.45) is 4.22. The maximum absolute atomic E-state index is 13.4. The molecule has 1 aliphatic rings. The molecule has 0 radical (unpaired) electrons. The van der Waals surface area contributed by atoms with Crippen LogP contribution in [0.4, 0.5) is 0 Å². The van der Waals surface area contributed by atoms with E-state index in [0.29, 0.717) is 38.6 Å². The van der Waals surface area contributed by atoms with Crippen LogP contribution in [-0.4, -0.2) is 81.9 Å². The van der Waals surface area contributed by atoms with Crippen LogP contribution in [0, 0.1) is 5.92 Å². The number of amides is 3. The summed E-state index contributed by atoms with van der Waals surface area (Å²) in [7, 11) is 0. The molecule has 224 valence electrons. The fourth-order valence-electron chi connectivity index (χ4n) is 5.11. The topological polar surface area (TPSA) is 222 Å². The molecule has 10 N–H and O–H groups in total. The Kier molecular flexibility index (Phi) is 11.1. The van der Waals surface area contributed by atoms with Crippen LogP contribution in [0.25, 0.3) is 10.9 Å². The van der Waals surface area contributed by atoms with E-state index >= 15 is 0 Å². The van der Waals surface area contributed by atoms with Crippen LogP contribution in [0.3, 0.4) is 0 Å². The Morgan fingerprint density at radius 2 is 1.93 bits per heavy atom. The van der Waals surface area contributed by atoms with E-state index in [9.17, 15) is 24.3 Å². The number of rotatable bonds is 14. The number of para-hydroxylation sites is 1. The van der Waals surface area contributed by atoms with Gasteiger partial charge in [0, 0.05) is 30.2 Å². The lowest BCUT2D eigenvalue weighted by molar-refractivity contribution is -0.143. The van der Waals surface area contributed by atoms with E-state index < -0.39 is 42.0 Å². The molecule has 1 aromatic carbocycles. The molecule has 2 heterocycles. The maximum atomic E-state index is 13.4. The highest BCUT2D eigenvalue weighted by Crippen LogP contribution is 2.23. The van der Waals surface area contributed by atoms with Crippen molar-refractivity contribution in [1.82, 2.24) is 20.5 Å². The molecule has 13 nitrogen and oxygen atoms in total. The number of hydrogen-bond acceptors (Lipinski definition) is 6. The van der Waals surface area contributed by atoms with E-state index in [0.717, 1.165) is 16.5 Å². The number of carboxylic acid groups (broad SMARTS) is 1. The summed E-state index contributed by atoms with van der Waals surface area (Å²) in [6, 6.07) is 3.98. The molecule has 1 aliphatic heterocycles. The number of fused-ring (bicyclic) bond motifs is 1. The van der Waals surface area contributed by atoms with E-state index in [2.05, 4.69) is 20.6 Å². The first-order valence-electron chi connectivity index (χ1n) is 14.0. The number of aliphatic imine (C=N–C) groups is 1. The van der Waals surface area contributed by atoms with Crippen LogP contribution in [0.1, 0.15) is 51.5 Å². The van der Waals surface area contributed by atoms with E-state index in [-0.39, 0.29) is 30.8 Å². The molecular formula is C28H42N8O5. The van der Waals surface area contributed by atoms with Crippen LogP contribution < -0.4 is 27.8 Å². The predicted octanol–water partition coefficient (Wildman–Crippen LogP) is 0.183. The maximum Gasteiger partial charge on any atom is 0.326 e. The lowest BCUT2D eigenvalue weighted by Gasteiger charge is -2.30. The Bertz CT molecular complexity index is 1260. The summed E-state index contributed by atoms with van der Waals surface area (Å²) in [6.45, 7) is 4.28. The quantitative estimate of drug-likeness (QED) is 0.0940. The lowest BCUT2D eigenvalue weighted by Crippen LogP contribution is -2.58. The largest absolute Gasteiger partial charge is 0.480 e. The molecule has 3 amide bonds. The molecule has 1 saturated heterocycles. The van der Waals surface area contributed by atoms with Crippen LogP contribution in [-0.2, 0) is 25.6 Å². The molecule has 1 fully saturated rings. The van der Waals surface area contributed by atoms with Crippen molar-refractivity contribution in [2.75, 3.05) is 13.1 Å². The van der Waals surface area contributed by atoms with Crippen molar-refractivity contribution in [3.63, 3.8) is 0 Å². The van der Waals surface area contributed by atoms with Gasteiger partial charge >= 0.3 is 5.97 Å². The fourth-order valence-corrected chi connectivity index (χ4v) is 5.11. The SMILES string of the molecule is CCC(C)C(NC(=O)C1CCCN1C(=O)C(N)Cc1c[nH]c2ccccc12)C(=O)NC(CCCN=C(N)N)C(=O)O. The van der Waals surface area contributed by atoms with E-state index in [1.54, 1.807) is 6.92 Å². The summed E-state index contributed by atoms with van der Waals surface area (Å²) in [5, 5.41) is 15.9. The summed E-state index contributed by atoms with van der Waals surface area (Å²) in [5.74, 6) is -2.98. The zero-order chi connectivity index (χ0) is 30.1. The number of carbonyl (C=O) groups excluding carboxylic acids is 3. The second kappa shape index (κ2) is 14.5. The Labute approximate surface area is 239 Å². The van der Waals surface area contributed by atoms with Crippen molar-refractivity contribution >= 4 is 40.6 Å². The van der Waals surface area contributed by atoms with Crippen LogP contribution >= 0.6 is 0 Å². The number of nitrogens with zero attached hydrogens (tertiary/aromatic N) is 2. The molecule has 2 aromatic rings. The van der Waals surface area contributed by atoms with Gasteiger partial charge in [0.2, 0.25) is 17.7 Å². The molecular weight excluding hydrogens is 528 g/mol. The van der Waals surface area contributed by atoms with Crippen molar-refractivity contribution in [1.29, 1.82) is 0 Å². The van der Waals surface area contributed by atoms with Crippen molar-refractivity contribution < 1.29 is 24.3 Å². The van der Waals surface area contributed by atoms with E-state index in [1.165, 1.54) is 4.90 Å². The molecule has 0 spiro atoms. The van der Waals surface area contributed by atoms with Gasteiger partial charge in [-0.05, 0) is 49.7 Å². The Morgan fingerprint density at radius 1 is 1.20 bits per heavy atom. The van der Waals surface area contributed by atoms with Crippen molar-refractivity contribution in [2.45, 2.75) is 76.5 Å². The number of nitrogens with one attached hydrogen (secondary N) is 3. The van der Waals surface area contributed by atoms with E-state index in [1.807, 2.05) is 37.4 Å². The number of aliphatic carboxylic acids is 1. The van der Waals surface area contributed by atoms with Crippen LogP contribution in [0.15, 0.2) is 35.5 Å². The van der Waals surface area contributed by atoms with Gasteiger partial charge < -0.3 is 42.8 Å². The second-order valence-corrected chi connectivity index (χ2v) is 10.6. The van der Waals surface area contributed by atoms with Gasteiger partial charge in [-0.25, -0.2) is 4.79 Å². The van der Waals surface area contributed by atoms with Gasteiger partial charge in [-0.1, -0.05) is 38.5 Å². The van der Waals surface area contributed by atoms with Crippen LogP contribution in [0.5, 0.6) is 0 Å². The number of hydrogen-bond donors (Lipinski definition) is 7. The molecule has 5 atom stereocenters. The van der Waals surface area contributed by atoms with Crippen molar-refractivity contribution in [3.05, 3.63) is 36.0 Å². The van der Waals surface area contributed by atoms with Gasteiger partial charge in [0.05, 0.1) is 6.04 Å². The number of carboxylic acids is 1. The highest BCUT2D eigenvalue weighted by atomic mass is 16.4. The number of benzene rings is 1. The molecule has 0 bridgehead atoms. The number of carbonyl (C=O) groups is 4. The van der Waals surface area contributed by atoms with Crippen molar-refractivity contribution in [2.24, 2.45) is 28.1 Å². The summed E-state index contributed by atoms with van der Waals surface area (Å²) >= 11 is 0. The number of guanidine groups is 1. The summed E-state index contributed by atoms with van der Waals surface area (Å²) in [4.78, 5) is 60.3. The predicted molar refractivity (Wildman–Crippen MR) is 156 cm³/mol. The standard InChI is InChI=1S/C28H42N8O5/c1-3-16(2)23(25(38)34-21(27(40)41)10-6-12-32-28(30)31)35-24(37)22-11-7-13-36(22)26(39)19(29)14-17-15-33-20-9-5-4-8-18(17)20/h4-5,8-9,15-16,19,21-23,33H,3,6-7,10-14,29H2,1-2H3,(H,34,38)(H,35,37)(H,40,41)(H4,30,31,32). The Hall–Kier alpha value is -4.13. The van der Waals surface area contributed by atoms with Crippen molar-refractivity contribution in [3.8, 4) is 0 Å². The first kappa shape index (κ1) is 31.4. The molecule has 0 saturated carbocycles. The first-order valence-corrected chi connectivity index (χ1v) is 14.0. The van der Waals surface area contributed by atoms with Gasteiger partial charge in [0.25, 0.3) is 0 Å². The molecule has 1 aromatic heterocycles. The number of aromatic amines is 1.